The molecule has 3 N–H and O–H groups in total. The van der Waals surface area contributed by atoms with Crippen molar-refractivity contribution in [2.75, 3.05) is 27.7 Å². The zero-order chi connectivity index (χ0) is 24.3. The number of hydrogen-bond acceptors (Lipinski definition) is 2. The fourth-order valence-corrected chi connectivity index (χ4v) is 5.02. The lowest BCUT2D eigenvalue weighted by molar-refractivity contribution is -0.875. The molecule has 0 bridgehead atoms. The highest BCUT2D eigenvalue weighted by molar-refractivity contribution is 7.53. The van der Waals surface area contributed by atoms with Crippen LogP contribution in [-0.4, -0.2) is 52.4 Å². The van der Waals surface area contributed by atoms with Crippen molar-refractivity contribution in [2.24, 2.45) is 0 Å². The van der Waals surface area contributed by atoms with E-state index in [-0.39, 0.29) is 13.0 Å². The average molecular weight is 475 g/mol. The van der Waals surface area contributed by atoms with Gasteiger partial charge in [-0.25, -0.2) is 0 Å². The summed E-state index contributed by atoms with van der Waals surface area (Å²) in [7, 11) is 0.941. The van der Waals surface area contributed by atoms with Gasteiger partial charge in [-0.2, -0.15) is 0 Å². The van der Waals surface area contributed by atoms with E-state index in [2.05, 4.69) is 31.2 Å². The summed E-state index contributed by atoms with van der Waals surface area (Å²) in [6.45, 7) is 2.30. The van der Waals surface area contributed by atoms with E-state index in [0.29, 0.717) is 10.9 Å². The molecule has 0 aliphatic rings. The lowest BCUT2D eigenvalue weighted by Gasteiger charge is -2.35. The first-order valence-electron chi connectivity index (χ1n) is 12.9. The quantitative estimate of drug-likeness (QED) is 0.0729. The molecule has 190 valence electrons. The first kappa shape index (κ1) is 31.6. The van der Waals surface area contributed by atoms with Crippen LogP contribution in [0.1, 0.15) is 110 Å². The summed E-state index contributed by atoms with van der Waals surface area (Å²) in [5, 5.41) is 8.61. The van der Waals surface area contributed by atoms with Gasteiger partial charge in [0.25, 0.3) is 0 Å². The maximum absolute atomic E-state index is 11.8. The molecule has 1 unspecified atom stereocenters. The monoisotopic (exact) mass is 474 g/mol. The minimum Gasteiger partial charge on any atom is -0.373 e. The van der Waals surface area contributed by atoms with Crippen molar-refractivity contribution in [3.8, 4) is 0 Å². The van der Waals surface area contributed by atoms with E-state index in [4.69, 9.17) is 0 Å². The molecule has 6 heteroatoms. The highest BCUT2D eigenvalue weighted by Crippen LogP contribution is 2.52. The third-order valence-corrected chi connectivity index (χ3v) is 7.22. The summed E-state index contributed by atoms with van der Waals surface area (Å²) in [6, 6.07) is 0. The molecule has 0 radical (unpaired) electrons. The summed E-state index contributed by atoms with van der Waals surface area (Å²) in [5.41, 5.74) is 0. The van der Waals surface area contributed by atoms with Gasteiger partial charge in [0.2, 0.25) is 5.34 Å². The molecule has 0 heterocycles. The molecule has 0 amide bonds. The van der Waals surface area contributed by atoms with E-state index in [9.17, 15) is 19.5 Å². The van der Waals surface area contributed by atoms with Crippen molar-refractivity contribution in [3.63, 3.8) is 0 Å². The number of likely N-dealkylation sites (N-methyl/N-ethyl adjacent to an activating group) is 1. The molecule has 0 aliphatic carbocycles. The normalized spacial score (nSPS) is 15.1. The Kier molecular flexibility index (Phi) is 17.7. The van der Waals surface area contributed by atoms with E-state index in [0.717, 1.165) is 25.7 Å². The van der Waals surface area contributed by atoms with Crippen molar-refractivity contribution in [3.05, 3.63) is 24.3 Å². The fraction of sp³-hybridized carbons (Fsp3) is 0.846. The number of hydrogen-bond donors (Lipinski definition) is 3. The summed E-state index contributed by atoms with van der Waals surface area (Å²) in [5.74, 6) is 0. The Balaban J connectivity index is 3.69. The number of unbranched alkanes of at least 4 members (excludes halogenated alkanes) is 12. The molecule has 0 rings (SSSR count). The van der Waals surface area contributed by atoms with Crippen molar-refractivity contribution in [1.82, 2.24) is 0 Å². The Bertz CT molecular complexity index is 551. The Morgan fingerprint density at radius 2 is 1.06 bits per heavy atom. The molecule has 32 heavy (non-hydrogen) atoms. The molecule has 0 aromatic carbocycles. The smallest absolute Gasteiger partial charge is 0.362 e. The molecule has 0 saturated carbocycles. The summed E-state index contributed by atoms with van der Waals surface area (Å²) in [6.07, 6.45) is 26.9. The maximum atomic E-state index is 11.8. The molecule has 0 fully saturated rings. The predicted molar refractivity (Wildman–Crippen MR) is 138 cm³/mol. The second-order valence-electron chi connectivity index (χ2n) is 10.4. The molecule has 0 aromatic heterocycles. The summed E-state index contributed by atoms with van der Waals surface area (Å²) >= 11 is 0. The van der Waals surface area contributed by atoms with Crippen molar-refractivity contribution in [2.45, 2.75) is 115 Å². The van der Waals surface area contributed by atoms with Gasteiger partial charge < -0.3 is 19.4 Å². The molecule has 0 spiro atoms. The third kappa shape index (κ3) is 18.0. The Morgan fingerprint density at radius 1 is 0.688 bits per heavy atom. The van der Waals surface area contributed by atoms with Gasteiger partial charge in [0.05, 0.1) is 21.1 Å². The van der Waals surface area contributed by atoms with Crippen LogP contribution in [0.2, 0.25) is 0 Å². The zero-order valence-corrected chi connectivity index (χ0v) is 22.4. The zero-order valence-electron chi connectivity index (χ0n) is 21.5. The van der Waals surface area contributed by atoms with Gasteiger partial charge in [0.15, 0.2) is 0 Å². The average Bonchev–Trinajstić information content (AvgIpc) is 2.67. The van der Waals surface area contributed by atoms with Crippen LogP contribution in [0.4, 0.5) is 0 Å². The maximum Gasteiger partial charge on any atom is 0.362 e. The number of allylic oxidation sites excluding steroid dienone is 4. The van der Waals surface area contributed by atoms with Crippen LogP contribution in [0.5, 0.6) is 0 Å². The number of nitrogens with zero attached hydrogens (tertiary/aromatic N) is 1. The van der Waals surface area contributed by atoms with E-state index in [1.165, 1.54) is 64.2 Å². The first-order chi connectivity index (χ1) is 15.0. The summed E-state index contributed by atoms with van der Waals surface area (Å²) in [4.78, 5) is 19.2. The Labute approximate surface area is 198 Å². The van der Waals surface area contributed by atoms with Crippen LogP contribution in [0.3, 0.4) is 0 Å². The van der Waals surface area contributed by atoms with Gasteiger partial charge in [0.1, 0.15) is 6.54 Å². The number of aliphatic hydroxyl groups is 1. The fourth-order valence-electron chi connectivity index (χ4n) is 3.96. The van der Waals surface area contributed by atoms with Gasteiger partial charge in [-0.1, -0.05) is 69.8 Å². The topological polar surface area (TPSA) is 77.8 Å². The van der Waals surface area contributed by atoms with E-state index < -0.39 is 12.9 Å². The molecule has 5 nitrogen and oxygen atoms in total. The van der Waals surface area contributed by atoms with Crippen molar-refractivity contribution in [1.29, 1.82) is 0 Å². The minimum absolute atomic E-state index is 0.0481. The largest absolute Gasteiger partial charge is 0.373 e. The SMILES string of the molecule is CCCCCC/C=C\CCCCCC/C=C\CCCCCC(O)(C[N+](C)(C)C)P(=O)(O)O. The predicted octanol–water partition coefficient (Wildman–Crippen LogP) is 6.93. The van der Waals surface area contributed by atoms with Gasteiger partial charge in [-0.3, -0.25) is 4.57 Å². The second-order valence-corrected chi connectivity index (χ2v) is 12.3. The Hall–Kier alpha value is -0.450. The van der Waals surface area contributed by atoms with Gasteiger partial charge in [0, 0.05) is 0 Å². The van der Waals surface area contributed by atoms with E-state index in [1.54, 1.807) is 0 Å². The van der Waals surface area contributed by atoms with Crippen LogP contribution in [0.25, 0.3) is 0 Å². The van der Waals surface area contributed by atoms with Gasteiger partial charge in [-0.05, 0) is 64.2 Å². The van der Waals surface area contributed by atoms with E-state index in [1.807, 2.05) is 21.1 Å². The number of quaternary nitrogens is 1. The van der Waals surface area contributed by atoms with Gasteiger partial charge >= 0.3 is 7.60 Å². The molecule has 0 aliphatic heterocycles. The standard InChI is InChI=1S/C26H52NO4P/c1-5-6-7-8-9-10-11-12-13-14-15-16-17-18-19-20-21-22-23-24-26(28,32(29,30)31)25-27(2,3)4/h10-11,18-19,28H,5-9,12-17,20-25H2,1-4H3,(H-,29,30,31)/p+1/b11-10-,19-18-. The molecular formula is C26H53NO4P+. The molecule has 1 atom stereocenters. The molecule has 0 saturated heterocycles. The van der Waals surface area contributed by atoms with Crippen LogP contribution >= 0.6 is 7.60 Å². The van der Waals surface area contributed by atoms with Crippen molar-refractivity contribution >= 4 is 7.60 Å². The number of rotatable bonds is 21. The van der Waals surface area contributed by atoms with Crippen molar-refractivity contribution < 1.29 is 23.9 Å². The Morgan fingerprint density at radius 3 is 1.41 bits per heavy atom. The third-order valence-electron chi connectivity index (χ3n) is 5.77. The second kappa shape index (κ2) is 18.0. The highest BCUT2D eigenvalue weighted by Gasteiger charge is 2.48. The molecular weight excluding hydrogens is 421 g/mol. The summed E-state index contributed by atoms with van der Waals surface area (Å²) < 4.78 is 12.1. The van der Waals surface area contributed by atoms with Crippen LogP contribution in [0.15, 0.2) is 24.3 Å². The minimum atomic E-state index is -4.56. The highest BCUT2D eigenvalue weighted by atomic mass is 31.2. The van der Waals surface area contributed by atoms with Crippen LogP contribution in [0, 0.1) is 0 Å². The van der Waals surface area contributed by atoms with Gasteiger partial charge in [-0.15, -0.1) is 0 Å². The molecule has 0 aromatic rings. The first-order valence-corrected chi connectivity index (χ1v) is 14.5. The van der Waals surface area contributed by atoms with E-state index >= 15 is 0 Å². The lowest BCUT2D eigenvalue weighted by atomic mass is 10.1. The lowest BCUT2D eigenvalue weighted by Crippen LogP contribution is -2.49. The van der Waals surface area contributed by atoms with Crippen LogP contribution in [-0.2, 0) is 4.57 Å². The van der Waals surface area contributed by atoms with Crippen LogP contribution < -0.4 is 0 Å².